The molecule has 0 aromatic rings. The standard InChI is InChI=1S/C12H22F3NO2/c1-17-8-9-18-7-6-16-11-5-3-2-4-10(11)12(13,14)15/h10-11,16H,2-9H2,1H3. The van der Waals surface area contributed by atoms with Gasteiger partial charge in [-0.2, -0.15) is 13.2 Å². The second-order valence-corrected chi connectivity index (χ2v) is 4.60. The van der Waals surface area contributed by atoms with Crippen molar-refractivity contribution in [2.45, 2.75) is 37.9 Å². The Bertz CT molecular complexity index is 224. The molecule has 1 aliphatic carbocycles. The van der Waals surface area contributed by atoms with Crippen molar-refractivity contribution >= 4 is 0 Å². The molecule has 0 amide bonds. The van der Waals surface area contributed by atoms with Gasteiger partial charge in [-0.15, -0.1) is 0 Å². The van der Waals surface area contributed by atoms with Crippen LogP contribution in [0.2, 0.25) is 0 Å². The third kappa shape index (κ3) is 5.54. The molecule has 0 saturated heterocycles. The van der Waals surface area contributed by atoms with Crippen LogP contribution in [0.25, 0.3) is 0 Å². The minimum absolute atomic E-state index is 0.242. The average Bonchev–Trinajstić information content (AvgIpc) is 2.33. The van der Waals surface area contributed by atoms with E-state index in [0.29, 0.717) is 39.2 Å². The van der Waals surface area contributed by atoms with Gasteiger partial charge in [0.05, 0.1) is 25.7 Å². The number of methoxy groups -OCH3 is 1. The Morgan fingerprint density at radius 1 is 1.11 bits per heavy atom. The maximum atomic E-state index is 12.8. The maximum Gasteiger partial charge on any atom is 0.393 e. The van der Waals surface area contributed by atoms with Crippen molar-refractivity contribution < 1.29 is 22.6 Å². The fourth-order valence-corrected chi connectivity index (χ4v) is 2.33. The molecule has 0 bridgehead atoms. The molecule has 6 heteroatoms. The number of rotatable bonds is 7. The summed E-state index contributed by atoms with van der Waals surface area (Å²) in [5.74, 6) is -1.20. The first kappa shape index (κ1) is 15.7. The third-order valence-electron chi connectivity index (χ3n) is 3.27. The Hall–Kier alpha value is -0.330. The van der Waals surface area contributed by atoms with Crippen LogP contribution in [-0.2, 0) is 9.47 Å². The lowest BCUT2D eigenvalue weighted by molar-refractivity contribution is -0.189. The van der Waals surface area contributed by atoms with E-state index in [1.54, 1.807) is 7.11 Å². The summed E-state index contributed by atoms with van der Waals surface area (Å²) >= 11 is 0. The van der Waals surface area contributed by atoms with E-state index in [1.165, 1.54) is 0 Å². The molecule has 1 N–H and O–H groups in total. The SMILES string of the molecule is COCCOCCNC1CCCCC1C(F)(F)F. The Morgan fingerprint density at radius 2 is 1.83 bits per heavy atom. The van der Waals surface area contributed by atoms with Crippen LogP contribution >= 0.6 is 0 Å². The molecule has 0 aromatic heterocycles. The third-order valence-corrected chi connectivity index (χ3v) is 3.27. The molecule has 0 aromatic carbocycles. The summed E-state index contributed by atoms with van der Waals surface area (Å²) in [4.78, 5) is 0. The molecule has 1 fully saturated rings. The van der Waals surface area contributed by atoms with E-state index in [-0.39, 0.29) is 6.42 Å². The molecule has 2 unspecified atom stereocenters. The highest BCUT2D eigenvalue weighted by molar-refractivity contribution is 4.85. The fourth-order valence-electron chi connectivity index (χ4n) is 2.33. The highest BCUT2D eigenvalue weighted by Crippen LogP contribution is 2.37. The molecule has 18 heavy (non-hydrogen) atoms. The van der Waals surface area contributed by atoms with Gasteiger partial charge >= 0.3 is 6.18 Å². The van der Waals surface area contributed by atoms with Crippen molar-refractivity contribution in [1.82, 2.24) is 5.32 Å². The number of hydrogen-bond acceptors (Lipinski definition) is 3. The van der Waals surface area contributed by atoms with Gasteiger partial charge < -0.3 is 14.8 Å². The highest BCUT2D eigenvalue weighted by Gasteiger charge is 2.45. The lowest BCUT2D eigenvalue weighted by Gasteiger charge is -2.33. The van der Waals surface area contributed by atoms with Crippen molar-refractivity contribution in [3.8, 4) is 0 Å². The van der Waals surface area contributed by atoms with Crippen molar-refractivity contribution in [1.29, 1.82) is 0 Å². The first-order valence-corrected chi connectivity index (χ1v) is 6.42. The minimum atomic E-state index is -4.09. The summed E-state index contributed by atoms with van der Waals surface area (Å²) in [6.07, 6.45) is -1.70. The minimum Gasteiger partial charge on any atom is -0.382 e. The molecule has 0 heterocycles. The van der Waals surface area contributed by atoms with Crippen molar-refractivity contribution in [2.24, 2.45) is 5.92 Å². The van der Waals surface area contributed by atoms with Gasteiger partial charge in [0.15, 0.2) is 0 Å². The van der Waals surface area contributed by atoms with E-state index in [9.17, 15) is 13.2 Å². The van der Waals surface area contributed by atoms with Gasteiger partial charge in [-0.25, -0.2) is 0 Å². The summed E-state index contributed by atoms with van der Waals surface area (Å²) in [5.41, 5.74) is 0. The summed E-state index contributed by atoms with van der Waals surface area (Å²) in [7, 11) is 1.58. The Kier molecular flexibility index (Phi) is 6.96. The molecule has 0 spiro atoms. The number of hydrogen-bond donors (Lipinski definition) is 1. The van der Waals surface area contributed by atoms with E-state index in [1.807, 2.05) is 0 Å². The molecule has 108 valence electrons. The molecule has 2 atom stereocenters. The van der Waals surface area contributed by atoms with Gasteiger partial charge in [0, 0.05) is 19.7 Å². The monoisotopic (exact) mass is 269 g/mol. The van der Waals surface area contributed by atoms with Crippen LogP contribution in [0.15, 0.2) is 0 Å². The van der Waals surface area contributed by atoms with Crippen LogP contribution in [0, 0.1) is 5.92 Å². The average molecular weight is 269 g/mol. The first-order chi connectivity index (χ1) is 8.55. The zero-order valence-electron chi connectivity index (χ0n) is 10.8. The van der Waals surface area contributed by atoms with Gasteiger partial charge in [0.25, 0.3) is 0 Å². The van der Waals surface area contributed by atoms with E-state index < -0.39 is 18.1 Å². The summed E-state index contributed by atoms with van der Waals surface area (Å²) in [5, 5.41) is 2.97. The van der Waals surface area contributed by atoms with Gasteiger partial charge in [-0.3, -0.25) is 0 Å². The normalized spacial score (nSPS) is 25.3. The molecule has 1 saturated carbocycles. The molecule has 1 rings (SSSR count). The number of alkyl halides is 3. The van der Waals surface area contributed by atoms with Crippen molar-refractivity contribution in [3.63, 3.8) is 0 Å². The summed E-state index contributed by atoms with van der Waals surface area (Å²) < 4.78 is 48.4. The van der Waals surface area contributed by atoms with E-state index >= 15 is 0 Å². The predicted molar refractivity (Wildman–Crippen MR) is 62.5 cm³/mol. The molecule has 3 nitrogen and oxygen atoms in total. The van der Waals surface area contributed by atoms with Gasteiger partial charge in [0.1, 0.15) is 0 Å². The van der Waals surface area contributed by atoms with Crippen LogP contribution in [0.3, 0.4) is 0 Å². The first-order valence-electron chi connectivity index (χ1n) is 6.42. The van der Waals surface area contributed by atoms with Crippen LogP contribution in [0.5, 0.6) is 0 Å². The lowest BCUT2D eigenvalue weighted by atomic mass is 9.84. The Labute approximate surface area is 106 Å². The van der Waals surface area contributed by atoms with E-state index in [0.717, 1.165) is 6.42 Å². The summed E-state index contributed by atoms with van der Waals surface area (Å²) in [6, 6.07) is -0.454. The highest BCUT2D eigenvalue weighted by atomic mass is 19.4. The Balaban J connectivity index is 2.21. The van der Waals surface area contributed by atoms with Crippen LogP contribution in [0.1, 0.15) is 25.7 Å². The molecule has 1 aliphatic rings. The van der Waals surface area contributed by atoms with Crippen molar-refractivity contribution in [2.75, 3.05) is 33.5 Å². The molecular weight excluding hydrogens is 247 g/mol. The van der Waals surface area contributed by atoms with E-state index in [4.69, 9.17) is 9.47 Å². The zero-order chi connectivity index (χ0) is 13.4. The second-order valence-electron chi connectivity index (χ2n) is 4.60. The van der Waals surface area contributed by atoms with Crippen molar-refractivity contribution in [3.05, 3.63) is 0 Å². The van der Waals surface area contributed by atoms with Crippen LogP contribution in [0.4, 0.5) is 13.2 Å². The Morgan fingerprint density at radius 3 is 2.50 bits per heavy atom. The molecular formula is C12H22F3NO2. The number of ether oxygens (including phenoxy) is 2. The predicted octanol–water partition coefficient (Wildman–Crippen LogP) is 2.36. The number of halogens is 3. The smallest absolute Gasteiger partial charge is 0.382 e. The molecule has 0 aliphatic heterocycles. The van der Waals surface area contributed by atoms with Gasteiger partial charge in [0.2, 0.25) is 0 Å². The number of nitrogens with one attached hydrogen (secondary N) is 1. The largest absolute Gasteiger partial charge is 0.393 e. The van der Waals surface area contributed by atoms with Gasteiger partial charge in [-0.05, 0) is 12.8 Å². The zero-order valence-corrected chi connectivity index (χ0v) is 10.8. The maximum absolute atomic E-state index is 12.8. The fraction of sp³-hybridized carbons (Fsp3) is 1.00. The van der Waals surface area contributed by atoms with Crippen LogP contribution < -0.4 is 5.32 Å². The lowest BCUT2D eigenvalue weighted by Crippen LogP contribution is -2.46. The quantitative estimate of drug-likeness (QED) is 0.720. The van der Waals surface area contributed by atoms with Gasteiger partial charge in [-0.1, -0.05) is 12.8 Å². The second kappa shape index (κ2) is 7.96. The summed E-state index contributed by atoms with van der Waals surface area (Å²) in [6.45, 7) is 1.87. The molecule has 0 radical (unpaired) electrons. The topological polar surface area (TPSA) is 30.5 Å². The van der Waals surface area contributed by atoms with Crippen LogP contribution in [-0.4, -0.2) is 45.7 Å². The van der Waals surface area contributed by atoms with E-state index in [2.05, 4.69) is 5.32 Å².